The second-order valence-corrected chi connectivity index (χ2v) is 6.70. The van der Waals surface area contributed by atoms with Gasteiger partial charge in [0.2, 0.25) is 0 Å². The van der Waals surface area contributed by atoms with Gasteiger partial charge in [0, 0.05) is 19.1 Å². The highest BCUT2D eigenvalue weighted by Gasteiger charge is 2.24. The molecule has 0 bridgehead atoms. The number of nitrogens with zero attached hydrogens (tertiary/aromatic N) is 1. The summed E-state index contributed by atoms with van der Waals surface area (Å²) in [6.07, 6.45) is 0.787. The molecule has 1 amide bonds. The number of phenols is 1. The van der Waals surface area contributed by atoms with Gasteiger partial charge in [-0.05, 0) is 39.3 Å². The van der Waals surface area contributed by atoms with Crippen LogP contribution in [0.15, 0.2) is 27.8 Å². The van der Waals surface area contributed by atoms with Gasteiger partial charge in [-0.2, -0.15) is 0 Å². The highest BCUT2D eigenvalue weighted by molar-refractivity contribution is 5.99. The Balaban J connectivity index is 2.34. The average molecular weight is 359 g/mol. The fraction of sp³-hybridized carbons (Fsp3) is 0.421. The van der Waals surface area contributed by atoms with Gasteiger partial charge in [-0.25, -0.2) is 0 Å². The smallest absolute Gasteiger partial charge is 0.257 e. The Bertz CT molecular complexity index is 881. The summed E-state index contributed by atoms with van der Waals surface area (Å²) in [5.74, 6) is -0.586. The summed E-state index contributed by atoms with van der Waals surface area (Å²) in [6.45, 7) is 7.60. The first-order valence-corrected chi connectivity index (χ1v) is 8.65. The molecule has 0 radical (unpaired) electrons. The second-order valence-electron chi connectivity index (χ2n) is 6.70. The molecule has 3 N–H and O–H groups in total. The third kappa shape index (κ3) is 3.56. The van der Waals surface area contributed by atoms with E-state index in [1.54, 1.807) is 19.2 Å². The van der Waals surface area contributed by atoms with E-state index in [0.29, 0.717) is 0 Å². The Morgan fingerprint density at radius 1 is 1.15 bits per heavy atom. The average Bonchev–Trinajstić information content (AvgIpc) is 2.63. The molecular formula is C19H25N3O4. The minimum Gasteiger partial charge on any atom is -0.505 e. The van der Waals surface area contributed by atoms with Gasteiger partial charge in [0.25, 0.3) is 16.8 Å². The normalized spacial score (nSPS) is 12.2. The van der Waals surface area contributed by atoms with Crippen LogP contribution in [0.2, 0.25) is 0 Å². The number of benzene rings is 1. The standard InChI is InChI=1S/C19H25N3O4/c1-6-11(4)20-14-15(18(25)17(14)24)21-13-9-7-8-12(16(13)23)19(26)22(5)10(2)3/h7-11,20-21,23H,6H2,1-5H3/t11-/m1/s1. The van der Waals surface area contributed by atoms with E-state index in [1.807, 2.05) is 27.7 Å². The molecule has 0 saturated heterocycles. The van der Waals surface area contributed by atoms with Crippen LogP contribution in [-0.4, -0.2) is 35.0 Å². The summed E-state index contributed by atoms with van der Waals surface area (Å²) < 4.78 is 0. The largest absolute Gasteiger partial charge is 0.505 e. The summed E-state index contributed by atoms with van der Waals surface area (Å²) in [4.78, 5) is 37.7. The van der Waals surface area contributed by atoms with Gasteiger partial charge >= 0.3 is 0 Å². The number of hydrogen-bond donors (Lipinski definition) is 3. The second kappa shape index (κ2) is 7.59. The van der Waals surface area contributed by atoms with E-state index in [4.69, 9.17) is 0 Å². The van der Waals surface area contributed by atoms with Crippen molar-refractivity contribution in [3.8, 4) is 5.75 Å². The molecule has 0 saturated carbocycles. The zero-order chi connectivity index (χ0) is 19.6. The van der Waals surface area contributed by atoms with E-state index in [0.717, 1.165) is 6.42 Å². The molecule has 0 heterocycles. The first-order chi connectivity index (χ1) is 12.2. The number of para-hydroxylation sites is 1. The van der Waals surface area contributed by atoms with E-state index in [2.05, 4.69) is 10.6 Å². The van der Waals surface area contributed by atoms with Crippen LogP contribution < -0.4 is 21.5 Å². The van der Waals surface area contributed by atoms with Crippen LogP contribution in [0.1, 0.15) is 44.5 Å². The van der Waals surface area contributed by atoms with E-state index in [9.17, 15) is 19.5 Å². The molecule has 1 atom stereocenters. The monoisotopic (exact) mass is 359 g/mol. The van der Waals surface area contributed by atoms with Gasteiger partial charge < -0.3 is 20.6 Å². The molecule has 0 aliphatic heterocycles. The van der Waals surface area contributed by atoms with Crippen molar-refractivity contribution >= 4 is 23.0 Å². The van der Waals surface area contributed by atoms with Crippen LogP contribution in [0, 0.1) is 0 Å². The van der Waals surface area contributed by atoms with Gasteiger partial charge in [0.1, 0.15) is 11.4 Å². The van der Waals surface area contributed by atoms with Crippen LogP contribution in [-0.2, 0) is 0 Å². The Hall–Kier alpha value is -2.83. The number of carbonyl (C=O) groups excluding carboxylic acids is 1. The molecule has 0 fully saturated rings. The van der Waals surface area contributed by atoms with E-state index >= 15 is 0 Å². The topological polar surface area (TPSA) is 98.7 Å². The van der Waals surface area contributed by atoms with Crippen molar-refractivity contribution in [2.24, 2.45) is 0 Å². The number of hydrogen-bond acceptors (Lipinski definition) is 6. The molecule has 7 heteroatoms. The number of phenolic OH excluding ortho intramolecular Hbond substituents is 1. The Morgan fingerprint density at radius 3 is 2.35 bits per heavy atom. The summed E-state index contributed by atoms with van der Waals surface area (Å²) in [7, 11) is 1.65. The minimum absolute atomic E-state index is 0.0278. The van der Waals surface area contributed by atoms with Crippen LogP contribution in [0.25, 0.3) is 0 Å². The van der Waals surface area contributed by atoms with Gasteiger partial charge in [-0.3, -0.25) is 14.4 Å². The molecule has 7 nitrogen and oxygen atoms in total. The number of nitrogens with one attached hydrogen (secondary N) is 2. The summed E-state index contributed by atoms with van der Waals surface area (Å²) in [5.41, 5.74) is -0.592. The lowest BCUT2D eigenvalue weighted by molar-refractivity contribution is 0.0752. The van der Waals surface area contributed by atoms with Gasteiger partial charge in [-0.1, -0.05) is 13.0 Å². The summed E-state index contributed by atoms with van der Waals surface area (Å²) in [6, 6.07) is 4.67. The Kier molecular flexibility index (Phi) is 5.69. The van der Waals surface area contributed by atoms with Crippen molar-refractivity contribution in [3.63, 3.8) is 0 Å². The Labute approximate surface area is 152 Å². The fourth-order valence-electron chi connectivity index (χ4n) is 2.37. The number of anilines is 3. The third-order valence-electron chi connectivity index (χ3n) is 4.53. The highest BCUT2D eigenvalue weighted by Crippen LogP contribution is 2.32. The van der Waals surface area contributed by atoms with E-state index < -0.39 is 10.9 Å². The molecule has 0 spiro atoms. The fourth-order valence-corrected chi connectivity index (χ4v) is 2.37. The molecule has 140 valence electrons. The predicted octanol–water partition coefficient (Wildman–Crippen LogP) is 2.42. The maximum atomic E-state index is 12.5. The van der Waals surface area contributed by atoms with Crippen molar-refractivity contribution in [2.75, 3.05) is 17.7 Å². The first-order valence-electron chi connectivity index (χ1n) is 8.65. The van der Waals surface area contributed by atoms with Crippen molar-refractivity contribution < 1.29 is 9.90 Å². The maximum Gasteiger partial charge on any atom is 0.257 e. The van der Waals surface area contributed by atoms with Crippen molar-refractivity contribution in [3.05, 3.63) is 44.2 Å². The minimum atomic E-state index is -0.647. The molecule has 2 aromatic carbocycles. The maximum absolute atomic E-state index is 12.5. The lowest BCUT2D eigenvalue weighted by Crippen LogP contribution is -2.38. The van der Waals surface area contributed by atoms with Crippen LogP contribution in [0.5, 0.6) is 5.75 Å². The predicted molar refractivity (Wildman–Crippen MR) is 103 cm³/mol. The van der Waals surface area contributed by atoms with Crippen molar-refractivity contribution in [1.29, 1.82) is 0 Å². The first kappa shape index (κ1) is 19.5. The molecule has 26 heavy (non-hydrogen) atoms. The number of rotatable bonds is 7. The quantitative estimate of drug-likeness (QED) is 0.519. The highest BCUT2D eigenvalue weighted by atomic mass is 16.3. The van der Waals surface area contributed by atoms with E-state index in [-0.39, 0.29) is 46.4 Å². The number of aromatic hydroxyl groups is 1. The van der Waals surface area contributed by atoms with Crippen LogP contribution >= 0.6 is 0 Å². The third-order valence-corrected chi connectivity index (χ3v) is 4.53. The molecule has 2 rings (SSSR count). The van der Waals surface area contributed by atoms with Crippen molar-refractivity contribution in [2.45, 2.75) is 46.2 Å². The summed E-state index contributed by atoms with van der Waals surface area (Å²) in [5, 5.41) is 16.3. The van der Waals surface area contributed by atoms with Crippen LogP contribution in [0.4, 0.5) is 17.1 Å². The zero-order valence-corrected chi connectivity index (χ0v) is 15.7. The SMILES string of the molecule is CC[C@@H](C)Nc1c(Nc2cccc(C(=O)N(C)C(C)C)c2O)c(=O)c1=O. The molecule has 0 aromatic heterocycles. The lowest BCUT2D eigenvalue weighted by Gasteiger charge is -2.23. The van der Waals surface area contributed by atoms with Gasteiger partial charge in [0.05, 0.1) is 11.3 Å². The lowest BCUT2D eigenvalue weighted by atomic mass is 10.1. The summed E-state index contributed by atoms with van der Waals surface area (Å²) >= 11 is 0. The molecule has 0 aliphatic rings. The number of carbonyl (C=O) groups is 1. The van der Waals surface area contributed by atoms with E-state index in [1.165, 1.54) is 11.0 Å². The Morgan fingerprint density at radius 2 is 1.77 bits per heavy atom. The molecule has 0 unspecified atom stereocenters. The zero-order valence-electron chi connectivity index (χ0n) is 15.7. The molecule has 0 aliphatic carbocycles. The molecular weight excluding hydrogens is 334 g/mol. The molecule has 2 aromatic rings. The number of amides is 1. The van der Waals surface area contributed by atoms with Crippen LogP contribution in [0.3, 0.4) is 0 Å². The van der Waals surface area contributed by atoms with Gasteiger partial charge in [-0.15, -0.1) is 0 Å². The van der Waals surface area contributed by atoms with Crippen molar-refractivity contribution in [1.82, 2.24) is 4.90 Å². The van der Waals surface area contributed by atoms with Gasteiger partial charge in [0.15, 0.2) is 5.75 Å².